The van der Waals surface area contributed by atoms with Gasteiger partial charge < -0.3 is 10.4 Å². The molecule has 0 aliphatic carbocycles. The van der Waals surface area contributed by atoms with Crippen LogP contribution in [0.1, 0.15) is 9.67 Å². The molecule has 10 heteroatoms. The molecule has 0 fully saturated rings. The molecule has 140 valence electrons. The van der Waals surface area contributed by atoms with E-state index >= 15 is 0 Å². The third-order valence-corrected chi connectivity index (χ3v) is 6.88. The molecule has 2 aromatic carbocycles. The number of carbonyl (C=O) groups is 1. The summed E-state index contributed by atoms with van der Waals surface area (Å²) in [5.74, 6) is -0.720. The van der Waals surface area contributed by atoms with Crippen LogP contribution in [0.2, 0.25) is 5.02 Å². The Morgan fingerprint density at radius 1 is 1.15 bits per heavy atom. The fourth-order valence-corrected chi connectivity index (χ4v) is 4.90. The van der Waals surface area contributed by atoms with Crippen LogP contribution in [0.15, 0.2) is 63.3 Å². The Labute approximate surface area is 173 Å². The number of halogens is 2. The maximum Gasteiger partial charge on any atom is 0.266 e. The van der Waals surface area contributed by atoms with Gasteiger partial charge in [0.2, 0.25) is 0 Å². The first-order valence-corrected chi connectivity index (χ1v) is 11.0. The molecule has 1 heterocycles. The van der Waals surface area contributed by atoms with Gasteiger partial charge >= 0.3 is 0 Å². The highest BCUT2D eigenvalue weighted by atomic mass is 79.9. The van der Waals surface area contributed by atoms with Gasteiger partial charge in [0.1, 0.15) is 10.6 Å². The zero-order chi connectivity index (χ0) is 19.6. The van der Waals surface area contributed by atoms with Crippen molar-refractivity contribution in [3.63, 3.8) is 0 Å². The number of rotatable bonds is 5. The highest BCUT2D eigenvalue weighted by Crippen LogP contribution is 2.30. The highest BCUT2D eigenvalue weighted by molar-refractivity contribution is 9.10. The van der Waals surface area contributed by atoms with Crippen LogP contribution in [0.5, 0.6) is 5.75 Å². The number of sulfonamides is 1. The van der Waals surface area contributed by atoms with E-state index in [1.807, 2.05) is 0 Å². The van der Waals surface area contributed by atoms with Gasteiger partial charge in [-0.2, -0.15) is 0 Å². The summed E-state index contributed by atoms with van der Waals surface area (Å²) in [6.45, 7) is 0. The first kappa shape index (κ1) is 19.7. The molecule has 3 rings (SSSR count). The van der Waals surface area contributed by atoms with Crippen LogP contribution < -0.4 is 10.0 Å². The summed E-state index contributed by atoms with van der Waals surface area (Å²) in [5.41, 5.74) is 0.276. The predicted molar refractivity (Wildman–Crippen MR) is 110 cm³/mol. The number of amides is 1. The van der Waals surface area contributed by atoms with Crippen LogP contribution in [0.25, 0.3) is 0 Å². The van der Waals surface area contributed by atoms with E-state index < -0.39 is 15.9 Å². The topological polar surface area (TPSA) is 95.5 Å². The molecule has 0 spiro atoms. The zero-order valence-electron chi connectivity index (χ0n) is 13.4. The molecule has 0 bridgehead atoms. The zero-order valence-corrected chi connectivity index (χ0v) is 17.4. The SMILES string of the molecule is O=C(Nc1cc(S(=O)(=O)Nc2cccc(Cl)c2)ccc1O)c1sccc1Br. The van der Waals surface area contributed by atoms with Gasteiger partial charge in [-0.15, -0.1) is 11.3 Å². The van der Waals surface area contributed by atoms with Gasteiger partial charge in [0.05, 0.1) is 16.3 Å². The number of nitrogens with one attached hydrogen (secondary N) is 2. The largest absolute Gasteiger partial charge is 0.506 e. The lowest BCUT2D eigenvalue weighted by atomic mass is 10.3. The second-order valence-electron chi connectivity index (χ2n) is 5.35. The van der Waals surface area contributed by atoms with Crippen LogP contribution >= 0.6 is 38.9 Å². The number of hydrogen-bond donors (Lipinski definition) is 3. The molecule has 1 aromatic heterocycles. The van der Waals surface area contributed by atoms with Crippen molar-refractivity contribution in [2.75, 3.05) is 10.0 Å². The summed E-state index contributed by atoms with van der Waals surface area (Å²) < 4.78 is 28.2. The van der Waals surface area contributed by atoms with Gasteiger partial charge in [-0.05, 0) is 63.8 Å². The van der Waals surface area contributed by atoms with E-state index in [0.29, 0.717) is 20.1 Å². The number of anilines is 2. The molecule has 0 unspecified atom stereocenters. The van der Waals surface area contributed by atoms with Crippen molar-refractivity contribution >= 4 is 66.2 Å². The first-order valence-electron chi connectivity index (χ1n) is 7.42. The Morgan fingerprint density at radius 3 is 2.59 bits per heavy atom. The molecule has 0 saturated carbocycles. The predicted octanol–water partition coefficient (Wildman–Crippen LogP) is 4.92. The lowest BCUT2D eigenvalue weighted by Gasteiger charge is -2.11. The van der Waals surface area contributed by atoms with E-state index in [2.05, 4.69) is 26.0 Å². The maximum absolute atomic E-state index is 12.6. The molecular weight excluding hydrogens is 476 g/mol. The Balaban J connectivity index is 1.88. The lowest BCUT2D eigenvalue weighted by molar-refractivity contribution is 0.102. The summed E-state index contributed by atoms with van der Waals surface area (Å²) in [6, 6.07) is 11.6. The van der Waals surface area contributed by atoms with E-state index in [1.165, 1.54) is 35.6 Å². The quantitative estimate of drug-likeness (QED) is 0.445. The summed E-state index contributed by atoms with van der Waals surface area (Å²) in [6.07, 6.45) is 0. The Morgan fingerprint density at radius 2 is 1.93 bits per heavy atom. The van der Waals surface area contributed by atoms with E-state index in [-0.39, 0.29) is 16.3 Å². The van der Waals surface area contributed by atoms with Crippen molar-refractivity contribution in [3.8, 4) is 5.75 Å². The van der Waals surface area contributed by atoms with Crippen LogP contribution in [0.3, 0.4) is 0 Å². The maximum atomic E-state index is 12.6. The number of aromatic hydroxyl groups is 1. The van der Waals surface area contributed by atoms with Crippen molar-refractivity contribution in [2.45, 2.75) is 4.90 Å². The van der Waals surface area contributed by atoms with Crippen molar-refractivity contribution in [3.05, 3.63) is 68.3 Å². The van der Waals surface area contributed by atoms with Crippen LogP contribution in [-0.4, -0.2) is 19.4 Å². The molecule has 6 nitrogen and oxygen atoms in total. The molecule has 27 heavy (non-hydrogen) atoms. The van der Waals surface area contributed by atoms with Gasteiger partial charge in [-0.3, -0.25) is 9.52 Å². The summed E-state index contributed by atoms with van der Waals surface area (Å²) in [7, 11) is -3.94. The standard InChI is InChI=1S/C17H12BrClN2O4S2/c18-13-6-7-26-16(13)17(23)20-14-9-12(4-5-15(14)22)27(24,25)21-11-3-1-2-10(19)8-11/h1-9,21-22H,(H,20,23). The van der Waals surface area contributed by atoms with Crippen LogP contribution in [-0.2, 0) is 10.0 Å². The van der Waals surface area contributed by atoms with Crippen LogP contribution in [0.4, 0.5) is 11.4 Å². The van der Waals surface area contributed by atoms with Gasteiger partial charge in [0.15, 0.2) is 0 Å². The van der Waals surface area contributed by atoms with Crippen LogP contribution in [0, 0.1) is 0 Å². The number of phenolic OH excluding ortho intramolecular Hbond substituents is 1. The minimum Gasteiger partial charge on any atom is -0.506 e. The second-order valence-corrected chi connectivity index (χ2v) is 9.24. The third-order valence-electron chi connectivity index (χ3n) is 3.43. The number of thiophene rings is 1. The van der Waals surface area contributed by atoms with Gasteiger partial charge in [0.25, 0.3) is 15.9 Å². The molecule has 0 radical (unpaired) electrons. The molecule has 0 aliphatic heterocycles. The summed E-state index contributed by atoms with van der Waals surface area (Å²) >= 11 is 10.3. The van der Waals surface area contributed by atoms with Crippen molar-refractivity contribution < 1.29 is 18.3 Å². The molecule has 3 N–H and O–H groups in total. The second kappa shape index (κ2) is 7.89. The third kappa shape index (κ3) is 4.62. The lowest BCUT2D eigenvalue weighted by Crippen LogP contribution is -2.15. The monoisotopic (exact) mass is 486 g/mol. The highest BCUT2D eigenvalue weighted by Gasteiger charge is 2.19. The average molecular weight is 488 g/mol. The average Bonchev–Trinajstić information content (AvgIpc) is 3.02. The van der Waals surface area contributed by atoms with Crippen molar-refractivity contribution in [1.82, 2.24) is 0 Å². The Hall–Kier alpha value is -2.07. The van der Waals surface area contributed by atoms with E-state index in [4.69, 9.17) is 11.6 Å². The number of hydrogen-bond acceptors (Lipinski definition) is 5. The van der Waals surface area contributed by atoms with Gasteiger partial charge in [0, 0.05) is 9.50 Å². The molecule has 1 amide bonds. The minimum atomic E-state index is -3.94. The van der Waals surface area contributed by atoms with Crippen molar-refractivity contribution in [2.24, 2.45) is 0 Å². The number of carbonyl (C=O) groups excluding carboxylic acids is 1. The van der Waals surface area contributed by atoms with E-state index in [9.17, 15) is 18.3 Å². The molecular formula is C17H12BrClN2O4S2. The normalized spacial score (nSPS) is 11.2. The molecule has 0 atom stereocenters. The fourth-order valence-electron chi connectivity index (χ4n) is 2.18. The van der Waals surface area contributed by atoms with Gasteiger partial charge in [-0.1, -0.05) is 17.7 Å². The van der Waals surface area contributed by atoms with E-state index in [0.717, 1.165) is 0 Å². The number of benzene rings is 2. The number of phenols is 1. The Bertz CT molecular complexity index is 1120. The van der Waals surface area contributed by atoms with Crippen molar-refractivity contribution in [1.29, 1.82) is 0 Å². The Kier molecular flexibility index (Phi) is 5.75. The summed E-state index contributed by atoms with van der Waals surface area (Å²) in [4.78, 5) is 12.6. The first-order chi connectivity index (χ1) is 12.8. The summed E-state index contributed by atoms with van der Waals surface area (Å²) in [5, 5.41) is 14.6. The fraction of sp³-hybridized carbons (Fsp3) is 0. The minimum absolute atomic E-state index is 0.0192. The van der Waals surface area contributed by atoms with E-state index in [1.54, 1.807) is 29.6 Å². The molecule has 0 saturated heterocycles. The van der Waals surface area contributed by atoms with Gasteiger partial charge in [-0.25, -0.2) is 8.42 Å². The molecule has 3 aromatic rings. The molecule has 0 aliphatic rings. The smallest absolute Gasteiger partial charge is 0.266 e.